The molecule has 0 radical (unpaired) electrons. The van der Waals surface area contributed by atoms with Crippen LogP contribution in [0.15, 0.2) is 22.7 Å². The average Bonchev–Trinajstić information content (AvgIpc) is 2.41. The summed E-state index contributed by atoms with van der Waals surface area (Å²) in [6.07, 6.45) is 4.06. The van der Waals surface area contributed by atoms with Gasteiger partial charge in [0, 0.05) is 23.6 Å². The minimum Gasteiger partial charge on any atom is -0.324 e. The lowest BCUT2D eigenvalue weighted by Gasteiger charge is -2.32. The highest BCUT2D eigenvalue weighted by atomic mass is 79.9. The molecule has 0 spiro atoms. The monoisotopic (exact) mass is 374 g/mol. The number of benzene rings is 1. The van der Waals surface area contributed by atoms with Gasteiger partial charge in [-0.3, -0.25) is 0 Å². The molecule has 2 unspecified atom stereocenters. The Kier molecular flexibility index (Phi) is 5.46. The van der Waals surface area contributed by atoms with Crippen LogP contribution < -0.4 is 5.73 Å². The first-order valence-corrected chi connectivity index (χ1v) is 9.89. The molecule has 4 nitrogen and oxygen atoms in total. The molecule has 2 rings (SSSR count). The Morgan fingerprint density at radius 2 is 2.19 bits per heavy atom. The molecule has 1 aromatic rings. The normalized spacial score (nSPS) is 22.2. The highest BCUT2D eigenvalue weighted by Gasteiger charge is 2.27. The first-order valence-electron chi connectivity index (χ1n) is 7.24. The molecule has 1 aliphatic rings. The van der Waals surface area contributed by atoms with E-state index in [0.717, 1.165) is 29.3 Å². The maximum absolute atomic E-state index is 11.7. The van der Waals surface area contributed by atoms with E-state index in [2.05, 4.69) is 15.9 Å². The number of sulfonamides is 1. The Bertz CT molecular complexity index is 604. The van der Waals surface area contributed by atoms with Crippen LogP contribution in [0.4, 0.5) is 0 Å². The number of rotatable bonds is 4. The number of hydrogen-bond donors (Lipinski definition) is 1. The molecule has 118 valence electrons. The van der Waals surface area contributed by atoms with Crippen molar-refractivity contribution in [2.75, 3.05) is 19.3 Å². The van der Waals surface area contributed by atoms with E-state index in [1.54, 1.807) is 4.31 Å². The van der Waals surface area contributed by atoms with Crippen LogP contribution >= 0.6 is 15.9 Å². The van der Waals surface area contributed by atoms with Crippen molar-refractivity contribution in [3.05, 3.63) is 33.8 Å². The summed E-state index contributed by atoms with van der Waals surface area (Å²) in [5.41, 5.74) is 8.63. The molecule has 21 heavy (non-hydrogen) atoms. The van der Waals surface area contributed by atoms with Crippen LogP contribution in [0.1, 0.15) is 36.4 Å². The van der Waals surface area contributed by atoms with E-state index in [1.807, 2.05) is 25.1 Å². The largest absolute Gasteiger partial charge is 0.324 e. The first kappa shape index (κ1) is 16.9. The summed E-state index contributed by atoms with van der Waals surface area (Å²) in [4.78, 5) is 0. The second-order valence-electron chi connectivity index (χ2n) is 5.95. The predicted molar refractivity (Wildman–Crippen MR) is 89.6 cm³/mol. The summed E-state index contributed by atoms with van der Waals surface area (Å²) in [6.45, 7) is 3.28. The molecule has 2 N–H and O–H groups in total. The van der Waals surface area contributed by atoms with Gasteiger partial charge in [-0.25, -0.2) is 12.7 Å². The fourth-order valence-corrected chi connectivity index (χ4v) is 4.46. The summed E-state index contributed by atoms with van der Waals surface area (Å²) >= 11 is 3.60. The van der Waals surface area contributed by atoms with Crippen LogP contribution in [0.3, 0.4) is 0 Å². The molecule has 1 heterocycles. The van der Waals surface area contributed by atoms with Crippen LogP contribution in [-0.2, 0) is 10.0 Å². The van der Waals surface area contributed by atoms with E-state index in [4.69, 9.17) is 5.73 Å². The lowest BCUT2D eigenvalue weighted by Crippen LogP contribution is -2.40. The SMILES string of the molecule is Cc1cccc(C(N)CC2CCCN(S(C)(=O)=O)C2)c1Br. The molecule has 1 saturated heterocycles. The van der Waals surface area contributed by atoms with Gasteiger partial charge in [-0.1, -0.05) is 34.1 Å². The molecule has 0 saturated carbocycles. The number of nitrogens with two attached hydrogens (primary N) is 1. The number of aryl methyl sites for hydroxylation is 1. The standard InChI is InChI=1S/C15H23BrN2O2S/c1-11-5-3-7-13(15(11)16)14(17)9-12-6-4-8-18(10-12)21(2,19)20/h3,5,7,12,14H,4,6,8-10,17H2,1-2H3. The third kappa shape index (κ3) is 4.28. The van der Waals surface area contributed by atoms with E-state index < -0.39 is 10.0 Å². The lowest BCUT2D eigenvalue weighted by atomic mass is 9.89. The predicted octanol–water partition coefficient (Wildman–Crippen LogP) is 2.82. The molecule has 1 aromatic carbocycles. The van der Waals surface area contributed by atoms with Crippen molar-refractivity contribution in [3.63, 3.8) is 0 Å². The topological polar surface area (TPSA) is 63.4 Å². The third-order valence-electron chi connectivity index (χ3n) is 4.16. The summed E-state index contributed by atoms with van der Waals surface area (Å²) in [5.74, 6) is 0.330. The first-order chi connectivity index (χ1) is 9.79. The van der Waals surface area contributed by atoms with Crippen LogP contribution in [-0.4, -0.2) is 32.1 Å². The van der Waals surface area contributed by atoms with Crippen molar-refractivity contribution in [2.45, 2.75) is 32.2 Å². The quantitative estimate of drug-likeness (QED) is 0.880. The van der Waals surface area contributed by atoms with Crippen LogP contribution in [0.2, 0.25) is 0 Å². The van der Waals surface area contributed by atoms with Crippen molar-refractivity contribution in [1.82, 2.24) is 4.31 Å². The van der Waals surface area contributed by atoms with Gasteiger partial charge in [-0.05, 0) is 43.2 Å². The van der Waals surface area contributed by atoms with E-state index >= 15 is 0 Å². The minimum atomic E-state index is -3.09. The van der Waals surface area contributed by atoms with Gasteiger partial charge in [-0.15, -0.1) is 0 Å². The number of halogens is 1. The lowest BCUT2D eigenvalue weighted by molar-refractivity contribution is 0.247. The van der Waals surface area contributed by atoms with Crippen LogP contribution in [0, 0.1) is 12.8 Å². The molecule has 2 atom stereocenters. The Labute approximate surface area is 135 Å². The highest BCUT2D eigenvalue weighted by Crippen LogP contribution is 2.31. The van der Waals surface area contributed by atoms with Gasteiger partial charge in [0.1, 0.15) is 0 Å². The Balaban J connectivity index is 2.06. The van der Waals surface area contributed by atoms with Gasteiger partial charge >= 0.3 is 0 Å². The molecular formula is C15H23BrN2O2S. The van der Waals surface area contributed by atoms with Gasteiger partial charge < -0.3 is 5.73 Å². The molecule has 0 amide bonds. The van der Waals surface area contributed by atoms with Gasteiger partial charge in [0.15, 0.2) is 0 Å². The maximum atomic E-state index is 11.7. The van der Waals surface area contributed by atoms with Gasteiger partial charge in [0.25, 0.3) is 0 Å². The zero-order chi connectivity index (χ0) is 15.6. The molecule has 1 fully saturated rings. The fraction of sp³-hybridized carbons (Fsp3) is 0.600. The number of nitrogens with zero attached hydrogens (tertiary/aromatic N) is 1. The summed E-state index contributed by atoms with van der Waals surface area (Å²) in [6, 6.07) is 6.04. The minimum absolute atomic E-state index is 0.0659. The van der Waals surface area contributed by atoms with Gasteiger partial charge in [0.2, 0.25) is 10.0 Å². The van der Waals surface area contributed by atoms with Crippen LogP contribution in [0.25, 0.3) is 0 Å². The third-order valence-corrected chi connectivity index (χ3v) is 6.51. The smallest absolute Gasteiger partial charge is 0.211 e. The van der Waals surface area contributed by atoms with Crippen molar-refractivity contribution in [1.29, 1.82) is 0 Å². The molecule has 6 heteroatoms. The summed E-state index contributed by atoms with van der Waals surface area (Å²) < 4.78 is 26.0. The Hall–Kier alpha value is -0.430. The van der Waals surface area contributed by atoms with Crippen molar-refractivity contribution >= 4 is 26.0 Å². The van der Waals surface area contributed by atoms with Crippen molar-refractivity contribution in [3.8, 4) is 0 Å². The van der Waals surface area contributed by atoms with Crippen LogP contribution in [0.5, 0.6) is 0 Å². The molecule has 1 aliphatic heterocycles. The number of piperidine rings is 1. The summed E-state index contributed by atoms with van der Waals surface area (Å²) in [7, 11) is -3.09. The molecular weight excluding hydrogens is 352 g/mol. The van der Waals surface area contributed by atoms with E-state index in [0.29, 0.717) is 19.0 Å². The second-order valence-corrected chi connectivity index (χ2v) is 8.73. The van der Waals surface area contributed by atoms with E-state index in [-0.39, 0.29) is 6.04 Å². The maximum Gasteiger partial charge on any atom is 0.211 e. The van der Waals surface area contributed by atoms with E-state index in [1.165, 1.54) is 11.8 Å². The average molecular weight is 375 g/mol. The highest BCUT2D eigenvalue weighted by molar-refractivity contribution is 9.10. The second kappa shape index (κ2) is 6.77. The Morgan fingerprint density at radius 3 is 2.86 bits per heavy atom. The zero-order valence-electron chi connectivity index (χ0n) is 12.5. The fourth-order valence-electron chi connectivity index (χ4n) is 2.96. The van der Waals surface area contributed by atoms with Gasteiger partial charge in [-0.2, -0.15) is 0 Å². The molecule has 0 aromatic heterocycles. The Morgan fingerprint density at radius 1 is 1.48 bits per heavy atom. The van der Waals surface area contributed by atoms with E-state index in [9.17, 15) is 8.42 Å². The zero-order valence-corrected chi connectivity index (χ0v) is 15.0. The molecule has 0 aliphatic carbocycles. The van der Waals surface area contributed by atoms with Crippen molar-refractivity contribution < 1.29 is 8.42 Å². The van der Waals surface area contributed by atoms with Gasteiger partial charge in [0.05, 0.1) is 6.26 Å². The number of hydrogen-bond acceptors (Lipinski definition) is 3. The summed E-state index contributed by atoms with van der Waals surface area (Å²) in [5, 5.41) is 0. The van der Waals surface area contributed by atoms with Crippen molar-refractivity contribution in [2.24, 2.45) is 11.7 Å². The molecule has 0 bridgehead atoms.